The van der Waals surface area contributed by atoms with Gasteiger partial charge in [-0.15, -0.1) is 11.8 Å². The van der Waals surface area contributed by atoms with E-state index in [-0.39, 0.29) is 5.91 Å². The molecule has 1 aliphatic heterocycles. The summed E-state index contributed by atoms with van der Waals surface area (Å²) in [5, 5.41) is 11.4. The van der Waals surface area contributed by atoms with E-state index in [0.29, 0.717) is 17.9 Å². The van der Waals surface area contributed by atoms with Gasteiger partial charge in [-0.1, -0.05) is 61.0 Å². The molecular weight excluding hydrogens is 565 g/mol. The van der Waals surface area contributed by atoms with Gasteiger partial charge >= 0.3 is 0 Å². The number of carbonyl (C=O) groups is 1. The highest BCUT2D eigenvalue weighted by Crippen LogP contribution is 2.33. The Kier molecular flexibility index (Phi) is 8.75. The average molecular weight is 599 g/mol. The van der Waals surface area contributed by atoms with Gasteiger partial charge in [0.25, 0.3) is 5.91 Å². The smallest absolute Gasteiger partial charge is 0.280 e. The summed E-state index contributed by atoms with van der Waals surface area (Å²) in [6.07, 6.45) is 4.87. The third kappa shape index (κ3) is 6.38. The molecule has 6 nitrogen and oxygen atoms in total. The molecule has 0 atom stereocenters. The number of hydrogen-bond donors (Lipinski definition) is 0. The average Bonchev–Trinajstić information content (AvgIpc) is 3.62. The lowest BCUT2D eigenvalue weighted by Gasteiger charge is -2.11. The van der Waals surface area contributed by atoms with Crippen LogP contribution in [0.25, 0.3) is 23.0 Å². The minimum absolute atomic E-state index is 0.159. The normalized spacial score (nSPS) is 13.9. The Balaban J connectivity index is 1.43. The Morgan fingerprint density at radius 2 is 1.57 bits per heavy atom. The van der Waals surface area contributed by atoms with Crippen molar-refractivity contribution in [2.75, 3.05) is 17.4 Å². The molecule has 4 aromatic carbocycles. The Morgan fingerprint density at radius 3 is 2.25 bits per heavy atom. The number of ether oxygens (including phenoxy) is 1. The zero-order chi connectivity index (χ0) is 30.5. The fraction of sp³-hybridized carbons (Fsp3) is 0.162. The topological polar surface area (TPSA) is 59.7 Å². The van der Waals surface area contributed by atoms with Gasteiger partial charge in [-0.05, 0) is 86.5 Å². The highest BCUT2D eigenvalue weighted by Gasteiger charge is 2.31. The molecule has 1 amide bonds. The van der Waals surface area contributed by atoms with Crippen LogP contribution in [-0.4, -0.2) is 33.8 Å². The standard InChI is InChI=1S/C37H34N4O2S/c1-4-21-43-35-20-17-28(22-27(35)3)36-29(24-40(39-36)30-11-7-5-8-12-30)23-33-34(25-44-32-18-15-26(2)16-19-32)38-41(37(33)42)31-13-9-6-10-14-31/h5-20,22-24H,4,21,25H2,1-3H3/b33-23+. The summed E-state index contributed by atoms with van der Waals surface area (Å²) >= 11 is 1.67. The van der Waals surface area contributed by atoms with Crippen LogP contribution in [0.2, 0.25) is 0 Å². The summed E-state index contributed by atoms with van der Waals surface area (Å²) in [6, 6.07) is 34.1. The Labute approximate surface area is 262 Å². The molecule has 2 heterocycles. The van der Waals surface area contributed by atoms with Crippen molar-refractivity contribution in [1.82, 2.24) is 9.78 Å². The van der Waals surface area contributed by atoms with Crippen molar-refractivity contribution >= 4 is 35.1 Å². The van der Waals surface area contributed by atoms with E-state index in [1.807, 2.05) is 96.7 Å². The third-order valence-electron chi connectivity index (χ3n) is 7.32. The molecule has 44 heavy (non-hydrogen) atoms. The van der Waals surface area contributed by atoms with Gasteiger partial charge in [0.2, 0.25) is 0 Å². The van der Waals surface area contributed by atoms with Gasteiger partial charge < -0.3 is 4.74 Å². The monoisotopic (exact) mass is 598 g/mol. The van der Waals surface area contributed by atoms with Gasteiger partial charge in [0.15, 0.2) is 0 Å². The maximum absolute atomic E-state index is 14.0. The van der Waals surface area contributed by atoms with E-state index < -0.39 is 0 Å². The number of amides is 1. The van der Waals surface area contributed by atoms with Crippen LogP contribution in [-0.2, 0) is 4.79 Å². The number of anilines is 1. The van der Waals surface area contributed by atoms with Crippen molar-refractivity contribution in [2.45, 2.75) is 32.1 Å². The summed E-state index contributed by atoms with van der Waals surface area (Å²) in [7, 11) is 0. The van der Waals surface area contributed by atoms with E-state index in [2.05, 4.69) is 44.2 Å². The number of carbonyl (C=O) groups excluding carboxylic acids is 1. The van der Waals surface area contributed by atoms with Gasteiger partial charge in [0.1, 0.15) is 5.75 Å². The van der Waals surface area contributed by atoms with Crippen molar-refractivity contribution in [1.29, 1.82) is 0 Å². The molecule has 220 valence electrons. The minimum atomic E-state index is -0.159. The maximum atomic E-state index is 14.0. The quantitative estimate of drug-likeness (QED) is 0.119. The summed E-state index contributed by atoms with van der Waals surface area (Å²) in [4.78, 5) is 15.1. The Bertz CT molecular complexity index is 1830. The molecule has 5 aromatic rings. The largest absolute Gasteiger partial charge is 0.493 e. The molecule has 6 rings (SSSR count). The van der Waals surface area contributed by atoms with Crippen LogP contribution in [0.4, 0.5) is 5.69 Å². The summed E-state index contributed by atoms with van der Waals surface area (Å²) in [6.45, 7) is 6.89. The van der Waals surface area contributed by atoms with Crippen LogP contribution in [0.3, 0.4) is 0 Å². The number of nitrogens with zero attached hydrogens (tertiary/aromatic N) is 4. The van der Waals surface area contributed by atoms with Crippen LogP contribution in [0.1, 0.15) is 30.0 Å². The van der Waals surface area contributed by atoms with Crippen LogP contribution >= 0.6 is 11.8 Å². The number of thioether (sulfide) groups is 1. The molecule has 0 saturated heterocycles. The number of aromatic nitrogens is 2. The highest BCUT2D eigenvalue weighted by molar-refractivity contribution is 8.00. The lowest BCUT2D eigenvalue weighted by atomic mass is 10.0. The maximum Gasteiger partial charge on any atom is 0.280 e. The molecule has 0 bridgehead atoms. The summed E-state index contributed by atoms with van der Waals surface area (Å²) in [5.74, 6) is 1.26. The van der Waals surface area contributed by atoms with Gasteiger partial charge in [-0.2, -0.15) is 15.2 Å². The first-order valence-electron chi connectivity index (χ1n) is 14.8. The lowest BCUT2D eigenvalue weighted by Crippen LogP contribution is -2.21. The van der Waals surface area contributed by atoms with Crippen molar-refractivity contribution < 1.29 is 9.53 Å². The molecule has 0 radical (unpaired) electrons. The predicted molar refractivity (Wildman–Crippen MR) is 181 cm³/mol. The van der Waals surface area contributed by atoms with Crippen LogP contribution in [0.5, 0.6) is 5.75 Å². The number of benzene rings is 4. The second kappa shape index (κ2) is 13.2. The van der Waals surface area contributed by atoms with Gasteiger partial charge in [0.05, 0.1) is 35.0 Å². The number of para-hydroxylation sites is 2. The number of rotatable bonds is 10. The zero-order valence-electron chi connectivity index (χ0n) is 25.1. The molecular formula is C37H34N4O2S. The van der Waals surface area contributed by atoms with E-state index >= 15 is 0 Å². The number of aryl methyl sites for hydroxylation is 2. The van der Waals surface area contributed by atoms with Crippen molar-refractivity contribution in [3.8, 4) is 22.7 Å². The number of hydrogen-bond acceptors (Lipinski definition) is 5. The number of hydrazone groups is 1. The van der Waals surface area contributed by atoms with E-state index in [1.165, 1.54) is 10.6 Å². The van der Waals surface area contributed by atoms with E-state index in [0.717, 1.165) is 56.5 Å². The molecule has 1 aliphatic rings. The van der Waals surface area contributed by atoms with E-state index in [1.54, 1.807) is 11.8 Å². The molecule has 7 heteroatoms. The van der Waals surface area contributed by atoms with E-state index in [4.69, 9.17) is 14.9 Å². The van der Waals surface area contributed by atoms with Crippen molar-refractivity contribution in [2.24, 2.45) is 5.10 Å². The van der Waals surface area contributed by atoms with Crippen LogP contribution < -0.4 is 9.75 Å². The van der Waals surface area contributed by atoms with Gasteiger partial charge in [-0.3, -0.25) is 4.79 Å². The first-order valence-corrected chi connectivity index (χ1v) is 15.8. The fourth-order valence-corrected chi connectivity index (χ4v) is 5.84. The Morgan fingerprint density at radius 1 is 0.864 bits per heavy atom. The zero-order valence-corrected chi connectivity index (χ0v) is 25.9. The summed E-state index contributed by atoms with van der Waals surface area (Å²) < 4.78 is 7.80. The first-order chi connectivity index (χ1) is 21.5. The second-order valence-corrected chi connectivity index (χ2v) is 11.7. The van der Waals surface area contributed by atoms with Crippen molar-refractivity contribution in [3.05, 3.63) is 132 Å². The van der Waals surface area contributed by atoms with Gasteiger partial charge in [-0.25, -0.2) is 4.68 Å². The predicted octanol–water partition coefficient (Wildman–Crippen LogP) is 8.52. The molecule has 1 aromatic heterocycles. The van der Waals surface area contributed by atoms with E-state index in [9.17, 15) is 4.79 Å². The Hall–Kier alpha value is -4.88. The SMILES string of the molecule is CCCOc1ccc(-c2nn(-c3ccccc3)cc2/C=C2/C(=O)N(c3ccccc3)N=C2CSc2ccc(C)cc2)cc1C. The fourth-order valence-electron chi connectivity index (χ4n) is 5.00. The lowest BCUT2D eigenvalue weighted by molar-refractivity contribution is -0.114. The second-order valence-electron chi connectivity index (χ2n) is 10.7. The van der Waals surface area contributed by atoms with Crippen molar-refractivity contribution in [3.63, 3.8) is 0 Å². The molecule has 0 aliphatic carbocycles. The molecule has 0 fully saturated rings. The third-order valence-corrected chi connectivity index (χ3v) is 8.35. The molecule has 0 unspecified atom stereocenters. The summed E-state index contributed by atoms with van der Waals surface area (Å²) in [5.41, 5.74) is 7.76. The molecule has 0 N–H and O–H groups in total. The highest BCUT2D eigenvalue weighted by atomic mass is 32.2. The minimum Gasteiger partial charge on any atom is -0.493 e. The van der Waals surface area contributed by atoms with Gasteiger partial charge in [0, 0.05) is 28.0 Å². The molecule has 0 saturated carbocycles. The first kappa shape index (κ1) is 29.2. The molecule has 0 spiro atoms. The van der Waals surface area contributed by atoms with Crippen LogP contribution in [0, 0.1) is 13.8 Å². The van der Waals surface area contributed by atoms with Crippen LogP contribution in [0.15, 0.2) is 125 Å².